The van der Waals surface area contributed by atoms with Gasteiger partial charge in [-0.1, -0.05) is 133 Å². The van der Waals surface area contributed by atoms with Crippen LogP contribution in [0, 0.1) is 0 Å². The number of rotatable bonds is 3. The van der Waals surface area contributed by atoms with Crippen molar-refractivity contribution in [3.05, 3.63) is 164 Å². The Labute approximate surface area is 271 Å². The van der Waals surface area contributed by atoms with Crippen LogP contribution < -0.4 is 0 Å². The summed E-state index contributed by atoms with van der Waals surface area (Å²) >= 11 is 1.88. The predicted molar refractivity (Wildman–Crippen MR) is 196 cm³/mol. The van der Waals surface area contributed by atoms with Gasteiger partial charge in [-0.2, -0.15) is 0 Å². The number of aromatic nitrogens is 1. The van der Waals surface area contributed by atoms with Gasteiger partial charge in [-0.15, -0.1) is 0 Å². The average Bonchev–Trinajstić information content (AvgIpc) is 3.44. The minimum Gasteiger partial charge on any atom is -0.309 e. The van der Waals surface area contributed by atoms with E-state index in [2.05, 4.69) is 168 Å². The highest BCUT2D eigenvalue weighted by atomic mass is 32.2. The van der Waals surface area contributed by atoms with Gasteiger partial charge in [-0.3, -0.25) is 0 Å². The summed E-state index contributed by atoms with van der Waals surface area (Å²) in [5, 5.41) is 7.75. The highest BCUT2D eigenvalue weighted by Crippen LogP contribution is 2.50. The van der Waals surface area contributed by atoms with Crippen molar-refractivity contribution in [2.24, 2.45) is 0 Å². The van der Waals surface area contributed by atoms with Crippen molar-refractivity contribution in [1.29, 1.82) is 0 Å². The Kier molecular flexibility index (Phi) is 5.58. The summed E-state index contributed by atoms with van der Waals surface area (Å²) in [5.41, 5.74) is 11.3. The van der Waals surface area contributed by atoms with E-state index >= 15 is 0 Å². The summed E-state index contributed by atoms with van der Waals surface area (Å²) in [5.74, 6) is 0. The van der Waals surface area contributed by atoms with Gasteiger partial charge in [0.05, 0.1) is 11.0 Å². The molecule has 0 saturated carbocycles. The smallest absolute Gasteiger partial charge is 0.0547 e. The molecule has 0 spiro atoms. The summed E-state index contributed by atoms with van der Waals surface area (Å²) in [6, 6.07) is 60.2. The minimum absolute atomic E-state index is 1.17. The fraction of sp³-hybridized carbons (Fsp3) is 0. The Morgan fingerprint density at radius 1 is 0.370 bits per heavy atom. The molecule has 2 heteroatoms. The molecule has 46 heavy (non-hydrogen) atoms. The number of nitrogens with zero attached hydrogens (tertiary/aromatic N) is 1. The standard InChI is InChI=1S/C44H27NS/c1-2-11-30-27-41-39(26-29(30)10-1)35-14-5-7-18-40(35)45(41)31-22-20-28(21-23-31)32-12-3-4-13-33(32)34-24-25-43-44-37(34)16-9-17-38(44)36-15-6-8-19-42(36)46-43/h1-27H. The molecule has 1 aliphatic rings. The molecular formula is C44H27NS. The molecule has 0 fully saturated rings. The van der Waals surface area contributed by atoms with E-state index in [-0.39, 0.29) is 0 Å². The second-order valence-electron chi connectivity index (χ2n) is 12.1. The van der Waals surface area contributed by atoms with E-state index < -0.39 is 0 Å². The highest BCUT2D eigenvalue weighted by molar-refractivity contribution is 7.99. The highest BCUT2D eigenvalue weighted by Gasteiger charge is 2.21. The van der Waals surface area contributed by atoms with E-state index in [0.29, 0.717) is 0 Å². The van der Waals surface area contributed by atoms with Crippen molar-refractivity contribution >= 4 is 55.1 Å². The van der Waals surface area contributed by atoms with Crippen LogP contribution in [0.25, 0.3) is 82.4 Å². The zero-order chi connectivity index (χ0) is 30.2. The van der Waals surface area contributed by atoms with Crippen molar-refractivity contribution < 1.29 is 0 Å². The molecule has 1 nitrogen and oxygen atoms in total. The molecule has 8 aromatic carbocycles. The Morgan fingerprint density at radius 3 is 1.91 bits per heavy atom. The molecule has 2 heterocycles. The molecule has 0 atom stereocenters. The molecule has 1 aliphatic heterocycles. The first kappa shape index (κ1) is 25.7. The summed E-state index contributed by atoms with van der Waals surface area (Å²) in [6.07, 6.45) is 0. The molecule has 0 radical (unpaired) electrons. The maximum Gasteiger partial charge on any atom is 0.0547 e. The number of hydrogen-bond donors (Lipinski definition) is 0. The van der Waals surface area contributed by atoms with E-state index in [9.17, 15) is 0 Å². The van der Waals surface area contributed by atoms with Gasteiger partial charge < -0.3 is 4.57 Å². The van der Waals surface area contributed by atoms with Gasteiger partial charge in [-0.25, -0.2) is 0 Å². The van der Waals surface area contributed by atoms with Crippen LogP contribution in [0.3, 0.4) is 0 Å². The lowest BCUT2D eigenvalue weighted by atomic mass is 9.89. The van der Waals surface area contributed by atoms with Crippen molar-refractivity contribution in [3.63, 3.8) is 0 Å². The Hall–Kier alpha value is -5.57. The van der Waals surface area contributed by atoms with Crippen molar-refractivity contribution in [3.8, 4) is 39.1 Å². The fourth-order valence-electron chi connectivity index (χ4n) is 7.51. The van der Waals surface area contributed by atoms with Crippen LogP contribution in [0.15, 0.2) is 174 Å². The third kappa shape index (κ3) is 3.77. The van der Waals surface area contributed by atoms with Crippen LogP contribution in [0.4, 0.5) is 0 Å². The van der Waals surface area contributed by atoms with Gasteiger partial charge in [0, 0.05) is 31.6 Å². The summed E-state index contributed by atoms with van der Waals surface area (Å²) in [6.45, 7) is 0. The second kappa shape index (κ2) is 9.97. The van der Waals surface area contributed by atoms with E-state index in [1.54, 1.807) is 0 Å². The van der Waals surface area contributed by atoms with Gasteiger partial charge in [0.15, 0.2) is 0 Å². The third-order valence-corrected chi connectivity index (χ3v) is 10.7. The largest absolute Gasteiger partial charge is 0.309 e. The molecule has 0 saturated heterocycles. The average molecular weight is 602 g/mol. The maximum absolute atomic E-state index is 2.41. The topological polar surface area (TPSA) is 4.93 Å². The quantitative estimate of drug-likeness (QED) is 0.195. The van der Waals surface area contributed by atoms with Crippen LogP contribution in [0.1, 0.15) is 0 Å². The van der Waals surface area contributed by atoms with Gasteiger partial charge in [0.1, 0.15) is 0 Å². The van der Waals surface area contributed by atoms with E-state index in [1.807, 2.05) is 11.8 Å². The summed E-state index contributed by atoms with van der Waals surface area (Å²) in [7, 11) is 0. The van der Waals surface area contributed by atoms with Crippen LogP contribution in [0.2, 0.25) is 0 Å². The van der Waals surface area contributed by atoms with Crippen molar-refractivity contribution in [2.45, 2.75) is 9.79 Å². The molecule has 0 unspecified atom stereocenters. The van der Waals surface area contributed by atoms with Crippen LogP contribution >= 0.6 is 11.8 Å². The van der Waals surface area contributed by atoms with E-state index in [4.69, 9.17) is 0 Å². The molecule has 10 rings (SSSR count). The number of para-hydroxylation sites is 1. The lowest BCUT2D eigenvalue weighted by molar-refractivity contribution is 1.18. The predicted octanol–water partition coefficient (Wildman–Crippen LogP) is 12.6. The molecule has 214 valence electrons. The molecule has 0 aliphatic carbocycles. The Morgan fingerprint density at radius 2 is 1.04 bits per heavy atom. The van der Waals surface area contributed by atoms with Gasteiger partial charge in [0.25, 0.3) is 0 Å². The van der Waals surface area contributed by atoms with Gasteiger partial charge in [0.2, 0.25) is 0 Å². The van der Waals surface area contributed by atoms with Crippen molar-refractivity contribution in [2.75, 3.05) is 0 Å². The maximum atomic E-state index is 2.41. The van der Waals surface area contributed by atoms with Crippen LogP contribution in [-0.2, 0) is 0 Å². The normalized spacial score (nSPS) is 12.3. The summed E-state index contributed by atoms with van der Waals surface area (Å²) < 4.78 is 2.41. The zero-order valence-electron chi connectivity index (χ0n) is 24.9. The van der Waals surface area contributed by atoms with Gasteiger partial charge >= 0.3 is 0 Å². The van der Waals surface area contributed by atoms with Crippen LogP contribution in [-0.4, -0.2) is 4.57 Å². The monoisotopic (exact) mass is 601 g/mol. The Balaban J connectivity index is 1.13. The lowest BCUT2D eigenvalue weighted by Gasteiger charge is -2.22. The van der Waals surface area contributed by atoms with E-state index in [1.165, 1.54) is 92.2 Å². The fourth-order valence-corrected chi connectivity index (χ4v) is 8.64. The molecular weight excluding hydrogens is 575 g/mol. The first-order chi connectivity index (χ1) is 22.8. The number of hydrogen-bond acceptors (Lipinski definition) is 1. The molecule has 0 amide bonds. The van der Waals surface area contributed by atoms with E-state index in [0.717, 1.165) is 0 Å². The summed E-state index contributed by atoms with van der Waals surface area (Å²) in [4.78, 5) is 2.65. The zero-order valence-corrected chi connectivity index (χ0v) is 25.8. The molecule has 9 aromatic rings. The Bertz CT molecular complexity index is 2660. The third-order valence-electron chi connectivity index (χ3n) is 9.59. The number of fused-ring (bicyclic) bond motifs is 6. The first-order valence-electron chi connectivity index (χ1n) is 15.8. The first-order valence-corrected chi connectivity index (χ1v) is 16.6. The second-order valence-corrected chi connectivity index (χ2v) is 13.2. The molecule has 0 bridgehead atoms. The number of benzene rings is 8. The lowest BCUT2D eigenvalue weighted by Crippen LogP contribution is -1.95. The van der Waals surface area contributed by atoms with Crippen molar-refractivity contribution in [1.82, 2.24) is 4.57 Å². The molecule has 0 N–H and O–H groups in total. The van der Waals surface area contributed by atoms with Crippen LogP contribution in [0.5, 0.6) is 0 Å². The van der Waals surface area contributed by atoms with Gasteiger partial charge in [-0.05, 0) is 92.0 Å². The molecule has 1 aromatic heterocycles. The SMILES string of the molecule is c1ccc2c(c1)Sc1ccc(-c3ccccc3-c3ccc(-n4c5ccccc5c5cc6ccccc6cc54)cc3)c3cccc-2c13. The minimum atomic E-state index is 1.17.